The van der Waals surface area contributed by atoms with Gasteiger partial charge in [0, 0.05) is 17.2 Å². The first-order valence-corrected chi connectivity index (χ1v) is 7.25. The summed E-state index contributed by atoms with van der Waals surface area (Å²) in [5, 5.41) is 0. The first-order valence-electron chi connectivity index (χ1n) is 7.25. The van der Waals surface area contributed by atoms with E-state index in [1.54, 1.807) is 0 Å². The van der Waals surface area contributed by atoms with Crippen LogP contribution in [0, 0.1) is 24.7 Å². The SMILES string of the molecule is Cc1cc(N)nc(C23CC4CC(CC(C4)C2)C3)n1. The van der Waals surface area contributed by atoms with Crippen molar-refractivity contribution in [2.24, 2.45) is 17.8 Å². The third-order valence-corrected chi connectivity index (χ3v) is 5.39. The van der Waals surface area contributed by atoms with E-state index < -0.39 is 0 Å². The zero-order chi connectivity index (χ0) is 12.3. The molecule has 2 N–H and O–H groups in total. The molecule has 4 aliphatic rings. The minimum Gasteiger partial charge on any atom is -0.384 e. The number of rotatable bonds is 1. The molecule has 0 atom stereocenters. The maximum atomic E-state index is 5.93. The Labute approximate surface area is 108 Å². The topological polar surface area (TPSA) is 51.8 Å². The van der Waals surface area contributed by atoms with Crippen LogP contribution in [0.2, 0.25) is 0 Å². The highest BCUT2D eigenvalue weighted by atomic mass is 15.0. The summed E-state index contributed by atoms with van der Waals surface area (Å²) >= 11 is 0. The van der Waals surface area contributed by atoms with Crippen molar-refractivity contribution in [3.05, 3.63) is 17.6 Å². The third-order valence-electron chi connectivity index (χ3n) is 5.39. The summed E-state index contributed by atoms with van der Waals surface area (Å²) in [7, 11) is 0. The van der Waals surface area contributed by atoms with Gasteiger partial charge in [-0.15, -0.1) is 0 Å². The Morgan fingerprint density at radius 2 is 1.61 bits per heavy atom. The second kappa shape index (κ2) is 3.46. The molecule has 1 aromatic heterocycles. The number of aromatic nitrogens is 2. The minimum atomic E-state index is 0.273. The number of anilines is 1. The van der Waals surface area contributed by atoms with Gasteiger partial charge in [-0.2, -0.15) is 0 Å². The standard InChI is InChI=1S/C15H21N3/c1-9-2-13(16)18-14(17-9)15-6-10-3-11(7-15)5-12(4-10)8-15/h2,10-12H,3-8H2,1H3,(H2,16,17,18). The van der Waals surface area contributed by atoms with Crippen molar-refractivity contribution in [1.29, 1.82) is 0 Å². The van der Waals surface area contributed by atoms with Crippen molar-refractivity contribution < 1.29 is 0 Å². The summed E-state index contributed by atoms with van der Waals surface area (Å²) in [5.41, 5.74) is 7.22. The van der Waals surface area contributed by atoms with Gasteiger partial charge in [-0.05, 0) is 63.2 Å². The molecule has 3 nitrogen and oxygen atoms in total. The lowest BCUT2D eigenvalue weighted by Gasteiger charge is -2.56. The van der Waals surface area contributed by atoms with Crippen molar-refractivity contribution in [1.82, 2.24) is 9.97 Å². The van der Waals surface area contributed by atoms with Crippen LogP contribution in [0.1, 0.15) is 50.0 Å². The summed E-state index contributed by atoms with van der Waals surface area (Å²) in [6, 6.07) is 1.88. The molecular weight excluding hydrogens is 222 g/mol. The summed E-state index contributed by atoms with van der Waals surface area (Å²) < 4.78 is 0. The Morgan fingerprint density at radius 1 is 1.06 bits per heavy atom. The zero-order valence-electron chi connectivity index (χ0n) is 11.0. The van der Waals surface area contributed by atoms with E-state index in [1.807, 2.05) is 13.0 Å². The molecule has 3 heteroatoms. The third kappa shape index (κ3) is 1.49. The van der Waals surface area contributed by atoms with Crippen LogP contribution in [0.25, 0.3) is 0 Å². The van der Waals surface area contributed by atoms with Crippen LogP contribution in [-0.4, -0.2) is 9.97 Å². The summed E-state index contributed by atoms with van der Waals surface area (Å²) in [5.74, 6) is 4.50. The van der Waals surface area contributed by atoms with E-state index in [0.717, 1.165) is 29.3 Å². The lowest BCUT2D eigenvalue weighted by Crippen LogP contribution is -2.49. The minimum absolute atomic E-state index is 0.273. The number of nitrogen functional groups attached to an aromatic ring is 1. The van der Waals surface area contributed by atoms with Gasteiger partial charge in [0.15, 0.2) is 0 Å². The van der Waals surface area contributed by atoms with Gasteiger partial charge in [-0.1, -0.05) is 0 Å². The second-order valence-corrected chi connectivity index (χ2v) is 6.96. The van der Waals surface area contributed by atoms with Crippen molar-refractivity contribution >= 4 is 5.82 Å². The number of nitrogens with zero attached hydrogens (tertiary/aromatic N) is 2. The molecule has 4 fully saturated rings. The Balaban J connectivity index is 1.79. The van der Waals surface area contributed by atoms with E-state index in [2.05, 4.69) is 4.98 Å². The predicted octanol–water partition coefficient (Wildman–Crippen LogP) is 2.84. The van der Waals surface area contributed by atoms with Gasteiger partial charge < -0.3 is 5.73 Å². The van der Waals surface area contributed by atoms with Crippen LogP contribution < -0.4 is 5.73 Å². The molecule has 4 bridgehead atoms. The summed E-state index contributed by atoms with van der Waals surface area (Å²) in [4.78, 5) is 9.32. The summed E-state index contributed by atoms with van der Waals surface area (Å²) in [6.07, 6.45) is 8.30. The lowest BCUT2D eigenvalue weighted by atomic mass is 9.49. The zero-order valence-corrected chi connectivity index (χ0v) is 11.0. The van der Waals surface area contributed by atoms with Crippen LogP contribution in [0.15, 0.2) is 6.07 Å². The average Bonchev–Trinajstić information content (AvgIpc) is 2.25. The Kier molecular flexibility index (Phi) is 2.07. The molecular formula is C15H21N3. The van der Waals surface area contributed by atoms with Gasteiger partial charge in [0.2, 0.25) is 0 Å². The fourth-order valence-corrected chi connectivity index (χ4v) is 5.21. The number of hydrogen-bond donors (Lipinski definition) is 1. The van der Waals surface area contributed by atoms with Crippen LogP contribution in [0.3, 0.4) is 0 Å². The van der Waals surface area contributed by atoms with Crippen LogP contribution in [0.5, 0.6) is 0 Å². The van der Waals surface area contributed by atoms with Crippen LogP contribution >= 0.6 is 0 Å². The molecule has 18 heavy (non-hydrogen) atoms. The highest BCUT2D eigenvalue weighted by Gasteiger charge is 2.53. The predicted molar refractivity (Wildman–Crippen MR) is 71.0 cm³/mol. The van der Waals surface area contributed by atoms with E-state index >= 15 is 0 Å². The number of aryl methyl sites for hydroxylation is 1. The van der Waals surface area contributed by atoms with E-state index in [0.29, 0.717) is 5.82 Å². The maximum Gasteiger partial charge on any atom is 0.137 e. The highest BCUT2D eigenvalue weighted by Crippen LogP contribution is 2.60. The molecule has 0 unspecified atom stereocenters. The molecule has 0 aromatic carbocycles. The van der Waals surface area contributed by atoms with Gasteiger partial charge in [-0.25, -0.2) is 9.97 Å². The van der Waals surface area contributed by atoms with E-state index in [9.17, 15) is 0 Å². The Morgan fingerprint density at radius 3 is 2.11 bits per heavy atom. The van der Waals surface area contributed by atoms with Crippen molar-refractivity contribution in [3.8, 4) is 0 Å². The Hall–Kier alpha value is -1.12. The maximum absolute atomic E-state index is 5.93. The van der Waals surface area contributed by atoms with Gasteiger partial charge in [0.25, 0.3) is 0 Å². The fraction of sp³-hybridized carbons (Fsp3) is 0.733. The molecule has 4 aliphatic carbocycles. The number of nitrogens with two attached hydrogens (primary N) is 1. The molecule has 0 aliphatic heterocycles. The van der Waals surface area contributed by atoms with Gasteiger partial charge in [0.1, 0.15) is 11.6 Å². The molecule has 0 amide bonds. The van der Waals surface area contributed by atoms with E-state index in [-0.39, 0.29) is 5.41 Å². The monoisotopic (exact) mass is 243 g/mol. The quantitative estimate of drug-likeness (QED) is 0.825. The molecule has 4 saturated carbocycles. The fourth-order valence-electron chi connectivity index (χ4n) is 5.21. The molecule has 0 radical (unpaired) electrons. The first kappa shape index (κ1) is 10.8. The molecule has 5 rings (SSSR count). The van der Waals surface area contributed by atoms with E-state index in [1.165, 1.54) is 38.5 Å². The van der Waals surface area contributed by atoms with E-state index in [4.69, 9.17) is 10.7 Å². The largest absolute Gasteiger partial charge is 0.384 e. The Bertz CT molecular complexity index is 439. The van der Waals surface area contributed by atoms with Crippen LogP contribution in [0.4, 0.5) is 5.82 Å². The normalized spacial score (nSPS) is 41.3. The second-order valence-electron chi connectivity index (χ2n) is 6.96. The van der Waals surface area contributed by atoms with Gasteiger partial charge >= 0.3 is 0 Å². The molecule has 1 aromatic rings. The van der Waals surface area contributed by atoms with Gasteiger partial charge in [-0.3, -0.25) is 0 Å². The molecule has 0 saturated heterocycles. The molecule has 0 spiro atoms. The van der Waals surface area contributed by atoms with Crippen LogP contribution in [-0.2, 0) is 5.41 Å². The lowest BCUT2D eigenvalue weighted by molar-refractivity contribution is -0.00939. The molecule has 1 heterocycles. The smallest absolute Gasteiger partial charge is 0.137 e. The van der Waals surface area contributed by atoms with Crippen molar-refractivity contribution in [2.75, 3.05) is 5.73 Å². The average molecular weight is 243 g/mol. The summed E-state index contributed by atoms with van der Waals surface area (Å²) in [6.45, 7) is 2.03. The van der Waals surface area contributed by atoms with Gasteiger partial charge in [0.05, 0.1) is 0 Å². The number of hydrogen-bond acceptors (Lipinski definition) is 3. The van der Waals surface area contributed by atoms with Crippen molar-refractivity contribution in [2.45, 2.75) is 50.9 Å². The van der Waals surface area contributed by atoms with Crippen molar-refractivity contribution in [3.63, 3.8) is 0 Å². The first-order chi connectivity index (χ1) is 8.63. The molecule has 96 valence electrons. The highest BCUT2D eigenvalue weighted by molar-refractivity contribution is 5.32.